The summed E-state index contributed by atoms with van der Waals surface area (Å²) in [5, 5.41) is 12.7. The average molecular weight is 195 g/mol. The van der Waals surface area contributed by atoms with Gasteiger partial charge in [0.1, 0.15) is 0 Å². The summed E-state index contributed by atoms with van der Waals surface area (Å²) in [6, 6.07) is 0.224. The van der Waals surface area contributed by atoms with Gasteiger partial charge in [-0.3, -0.25) is 0 Å². The molecule has 1 rings (SSSR count). The first-order chi connectivity index (χ1) is 6.76. The van der Waals surface area contributed by atoms with E-state index in [0.717, 1.165) is 38.6 Å². The van der Waals surface area contributed by atoms with Gasteiger partial charge >= 0.3 is 0 Å². The minimum Gasteiger partial charge on any atom is -0.393 e. The zero-order valence-electron chi connectivity index (χ0n) is 9.00. The molecule has 0 aromatic heterocycles. The molecule has 1 saturated carbocycles. The number of aliphatic hydroxyl groups is 1. The van der Waals surface area contributed by atoms with Crippen molar-refractivity contribution in [3.8, 4) is 12.3 Å². The van der Waals surface area contributed by atoms with Gasteiger partial charge in [0.15, 0.2) is 0 Å². The Balaban J connectivity index is 2.16. The van der Waals surface area contributed by atoms with Crippen LogP contribution in [0.15, 0.2) is 0 Å². The Labute approximate surface area is 87.1 Å². The molecule has 0 saturated heterocycles. The third-order valence-electron chi connectivity index (χ3n) is 3.08. The van der Waals surface area contributed by atoms with Crippen LogP contribution in [-0.2, 0) is 0 Å². The third-order valence-corrected chi connectivity index (χ3v) is 3.08. The molecule has 0 aliphatic heterocycles. The van der Waals surface area contributed by atoms with Crippen LogP contribution in [0.3, 0.4) is 0 Å². The zero-order valence-corrected chi connectivity index (χ0v) is 9.00. The van der Waals surface area contributed by atoms with Gasteiger partial charge in [-0.15, -0.1) is 6.42 Å². The highest BCUT2D eigenvalue weighted by molar-refractivity contribution is 4.98. The molecular formula is C12H21NO. The summed E-state index contributed by atoms with van der Waals surface area (Å²) in [6.07, 6.45) is 10.5. The standard InChI is InChI=1S/C12H21NO/c1-3-11(4-2)13-9-10-5-7-12(14)8-6-10/h1,10-14H,4-9H2,2H3. The van der Waals surface area contributed by atoms with Crippen LogP contribution in [0.4, 0.5) is 0 Å². The van der Waals surface area contributed by atoms with Crippen LogP contribution in [0, 0.1) is 18.3 Å². The van der Waals surface area contributed by atoms with Crippen molar-refractivity contribution in [3.05, 3.63) is 0 Å². The van der Waals surface area contributed by atoms with Crippen molar-refractivity contribution in [2.24, 2.45) is 5.92 Å². The van der Waals surface area contributed by atoms with Gasteiger partial charge in [0.25, 0.3) is 0 Å². The van der Waals surface area contributed by atoms with E-state index in [1.54, 1.807) is 0 Å². The number of aliphatic hydroxyl groups excluding tert-OH is 1. The first-order valence-electron chi connectivity index (χ1n) is 5.63. The minimum atomic E-state index is -0.0548. The second kappa shape index (κ2) is 6.06. The molecule has 14 heavy (non-hydrogen) atoms. The summed E-state index contributed by atoms with van der Waals surface area (Å²) in [5.41, 5.74) is 0. The van der Waals surface area contributed by atoms with E-state index in [2.05, 4.69) is 18.2 Å². The maximum Gasteiger partial charge on any atom is 0.0684 e. The van der Waals surface area contributed by atoms with Gasteiger partial charge in [-0.2, -0.15) is 0 Å². The van der Waals surface area contributed by atoms with Crippen molar-refractivity contribution in [3.63, 3.8) is 0 Å². The molecule has 1 atom stereocenters. The van der Waals surface area contributed by atoms with Crippen LogP contribution in [0.1, 0.15) is 39.0 Å². The quantitative estimate of drug-likeness (QED) is 0.667. The van der Waals surface area contributed by atoms with Gasteiger partial charge < -0.3 is 10.4 Å². The molecule has 0 heterocycles. The third kappa shape index (κ3) is 3.69. The van der Waals surface area contributed by atoms with Crippen LogP contribution < -0.4 is 5.32 Å². The normalized spacial score (nSPS) is 29.5. The second-order valence-electron chi connectivity index (χ2n) is 4.21. The number of hydrogen-bond acceptors (Lipinski definition) is 2. The molecule has 0 spiro atoms. The number of hydrogen-bond donors (Lipinski definition) is 2. The van der Waals surface area contributed by atoms with Crippen LogP contribution in [0.2, 0.25) is 0 Å². The monoisotopic (exact) mass is 195 g/mol. The summed E-state index contributed by atoms with van der Waals surface area (Å²) in [5.74, 6) is 3.45. The Morgan fingerprint density at radius 2 is 2.07 bits per heavy atom. The van der Waals surface area contributed by atoms with Gasteiger partial charge in [0.2, 0.25) is 0 Å². The number of rotatable bonds is 4. The van der Waals surface area contributed by atoms with Crippen LogP contribution in [0.5, 0.6) is 0 Å². The average Bonchev–Trinajstić information content (AvgIpc) is 2.22. The largest absolute Gasteiger partial charge is 0.393 e. The highest BCUT2D eigenvalue weighted by Crippen LogP contribution is 2.23. The Kier molecular flexibility index (Phi) is 5.00. The predicted molar refractivity (Wildman–Crippen MR) is 58.9 cm³/mol. The zero-order chi connectivity index (χ0) is 10.4. The first kappa shape index (κ1) is 11.6. The molecule has 1 aliphatic rings. The van der Waals surface area contributed by atoms with Crippen LogP contribution in [-0.4, -0.2) is 23.8 Å². The lowest BCUT2D eigenvalue weighted by Gasteiger charge is -2.26. The molecule has 2 heteroatoms. The van der Waals surface area contributed by atoms with Gasteiger partial charge in [0, 0.05) is 0 Å². The fourth-order valence-corrected chi connectivity index (χ4v) is 1.98. The Bertz CT molecular complexity index is 189. The first-order valence-corrected chi connectivity index (χ1v) is 5.63. The van der Waals surface area contributed by atoms with Crippen LogP contribution in [0.25, 0.3) is 0 Å². The predicted octanol–water partition coefficient (Wildman–Crippen LogP) is 1.54. The number of terminal acetylenes is 1. The molecule has 0 radical (unpaired) electrons. The van der Waals surface area contributed by atoms with Crippen molar-refractivity contribution in [2.45, 2.75) is 51.2 Å². The molecule has 0 aromatic carbocycles. The topological polar surface area (TPSA) is 32.3 Å². The molecule has 0 bridgehead atoms. The number of nitrogens with one attached hydrogen (secondary N) is 1. The van der Waals surface area contributed by atoms with E-state index < -0.39 is 0 Å². The SMILES string of the molecule is C#CC(CC)NCC1CCC(O)CC1. The van der Waals surface area contributed by atoms with E-state index in [0.29, 0.717) is 5.92 Å². The Morgan fingerprint density at radius 1 is 1.43 bits per heavy atom. The smallest absolute Gasteiger partial charge is 0.0684 e. The van der Waals surface area contributed by atoms with Crippen molar-refractivity contribution in [2.75, 3.05) is 6.54 Å². The fraction of sp³-hybridized carbons (Fsp3) is 0.833. The Morgan fingerprint density at radius 3 is 2.57 bits per heavy atom. The summed E-state index contributed by atoms with van der Waals surface area (Å²) >= 11 is 0. The molecular weight excluding hydrogens is 174 g/mol. The molecule has 1 aliphatic carbocycles. The van der Waals surface area contributed by atoms with E-state index in [1.807, 2.05) is 0 Å². The lowest BCUT2D eigenvalue weighted by atomic mass is 9.87. The van der Waals surface area contributed by atoms with E-state index >= 15 is 0 Å². The minimum absolute atomic E-state index is 0.0548. The lowest BCUT2D eigenvalue weighted by Crippen LogP contribution is -2.34. The maximum atomic E-state index is 9.34. The summed E-state index contributed by atoms with van der Waals surface area (Å²) in [7, 11) is 0. The molecule has 2 nitrogen and oxygen atoms in total. The Hall–Kier alpha value is -0.520. The van der Waals surface area contributed by atoms with Crippen molar-refractivity contribution < 1.29 is 5.11 Å². The van der Waals surface area contributed by atoms with E-state index in [9.17, 15) is 5.11 Å². The fourth-order valence-electron chi connectivity index (χ4n) is 1.98. The van der Waals surface area contributed by atoms with Crippen LogP contribution >= 0.6 is 0 Å². The second-order valence-corrected chi connectivity index (χ2v) is 4.21. The lowest BCUT2D eigenvalue weighted by molar-refractivity contribution is 0.108. The highest BCUT2D eigenvalue weighted by Gasteiger charge is 2.19. The molecule has 0 amide bonds. The van der Waals surface area contributed by atoms with Crippen molar-refractivity contribution in [1.82, 2.24) is 5.32 Å². The van der Waals surface area contributed by atoms with E-state index in [4.69, 9.17) is 6.42 Å². The van der Waals surface area contributed by atoms with Crippen molar-refractivity contribution in [1.29, 1.82) is 0 Å². The molecule has 1 fully saturated rings. The van der Waals surface area contributed by atoms with E-state index in [-0.39, 0.29) is 12.1 Å². The van der Waals surface area contributed by atoms with E-state index in [1.165, 1.54) is 0 Å². The van der Waals surface area contributed by atoms with Gasteiger partial charge in [0.05, 0.1) is 12.1 Å². The van der Waals surface area contributed by atoms with Gasteiger partial charge in [-0.1, -0.05) is 12.8 Å². The van der Waals surface area contributed by atoms with Crippen molar-refractivity contribution >= 4 is 0 Å². The molecule has 2 N–H and O–H groups in total. The molecule has 1 unspecified atom stereocenters. The molecule has 0 aromatic rings. The summed E-state index contributed by atoms with van der Waals surface area (Å²) in [6.45, 7) is 3.11. The maximum absolute atomic E-state index is 9.34. The van der Waals surface area contributed by atoms with Gasteiger partial charge in [-0.05, 0) is 44.6 Å². The summed E-state index contributed by atoms with van der Waals surface area (Å²) in [4.78, 5) is 0. The molecule has 80 valence electrons. The highest BCUT2D eigenvalue weighted by atomic mass is 16.3. The van der Waals surface area contributed by atoms with Gasteiger partial charge in [-0.25, -0.2) is 0 Å². The summed E-state index contributed by atoms with van der Waals surface area (Å²) < 4.78 is 0.